The number of hydrogen-bond donors (Lipinski definition) is 2. The molecule has 0 atom stereocenters. The van der Waals surface area contributed by atoms with E-state index in [0.717, 1.165) is 12.8 Å². The minimum absolute atomic E-state index is 0.00940. The van der Waals surface area contributed by atoms with Gasteiger partial charge in [-0.3, -0.25) is 4.79 Å². The molecule has 1 aliphatic rings. The van der Waals surface area contributed by atoms with E-state index in [1.807, 2.05) is 6.92 Å². The molecule has 0 aliphatic heterocycles. The van der Waals surface area contributed by atoms with Crippen LogP contribution in [0.1, 0.15) is 45.4 Å². The van der Waals surface area contributed by atoms with Gasteiger partial charge in [-0.25, -0.2) is 0 Å². The second kappa shape index (κ2) is 5.91. The Morgan fingerprint density at radius 2 is 1.93 bits per heavy atom. The number of nitrogens with one attached hydrogen (secondary N) is 1. The van der Waals surface area contributed by atoms with Crippen LogP contribution in [-0.2, 0) is 4.79 Å². The van der Waals surface area contributed by atoms with Gasteiger partial charge in [-0.05, 0) is 25.8 Å². The van der Waals surface area contributed by atoms with Crippen molar-refractivity contribution >= 4 is 5.91 Å². The van der Waals surface area contributed by atoms with Crippen LogP contribution in [0.2, 0.25) is 0 Å². The van der Waals surface area contributed by atoms with E-state index >= 15 is 0 Å². The second-order valence-electron chi connectivity index (χ2n) is 4.39. The second-order valence-corrected chi connectivity index (χ2v) is 4.39. The summed E-state index contributed by atoms with van der Waals surface area (Å²) in [6.45, 7) is 2.40. The first-order valence-electron chi connectivity index (χ1n) is 5.87. The maximum absolute atomic E-state index is 11.5. The van der Waals surface area contributed by atoms with Crippen LogP contribution in [0.25, 0.3) is 0 Å². The largest absolute Gasteiger partial charge is 0.346 e. The number of carbonyl (C=O) groups is 1. The third kappa shape index (κ3) is 3.67. The Bertz CT molecular complexity index is 228. The van der Waals surface area contributed by atoms with Gasteiger partial charge in [0.15, 0.2) is 0 Å². The first-order valence-corrected chi connectivity index (χ1v) is 5.87. The van der Waals surface area contributed by atoms with Crippen LogP contribution in [0.3, 0.4) is 0 Å². The van der Waals surface area contributed by atoms with Crippen LogP contribution in [0.4, 0.5) is 0 Å². The fourth-order valence-electron chi connectivity index (χ4n) is 2.24. The highest BCUT2D eigenvalue weighted by molar-refractivity contribution is 5.88. The van der Waals surface area contributed by atoms with Gasteiger partial charge in [-0.1, -0.05) is 31.8 Å². The van der Waals surface area contributed by atoms with Crippen molar-refractivity contribution in [2.75, 3.05) is 6.54 Å². The number of carbonyl (C=O) groups excluding carboxylic acids is 1. The van der Waals surface area contributed by atoms with Gasteiger partial charge in [0.25, 0.3) is 0 Å². The molecule has 3 heteroatoms. The Kier molecular flexibility index (Phi) is 4.82. The third-order valence-electron chi connectivity index (χ3n) is 3.16. The van der Waals surface area contributed by atoms with E-state index in [2.05, 4.69) is 5.32 Å². The Morgan fingerprint density at radius 3 is 2.40 bits per heavy atom. The van der Waals surface area contributed by atoms with E-state index in [1.54, 1.807) is 12.2 Å². The molecule has 0 bridgehead atoms. The minimum atomic E-state index is -0.146. The van der Waals surface area contributed by atoms with Gasteiger partial charge in [0.1, 0.15) is 0 Å². The lowest BCUT2D eigenvalue weighted by molar-refractivity contribution is -0.118. The zero-order chi connectivity index (χ0) is 11.1. The topological polar surface area (TPSA) is 55.1 Å². The van der Waals surface area contributed by atoms with Crippen molar-refractivity contribution in [2.45, 2.75) is 51.0 Å². The van der Waals surface area contributed by atoms with Gasteiger partial charge in [0, 0.05) is 6.54 Å². The summed E-state index contributed by atoms with van der Waals surface area (Å²) in [7, 11) is 0. The van der Waals surface area contributed by atoms with Gasteiger partial charge in [0.05, 0.1) is 5.54 Å². The van der Waals surface area contributed by atoms with Gasteiger partial charge in [-0.15, -0.1) is 0 Å². The molecule has 0 saturated heterocycles. The fourth-order valence-corrected chi connectivity index (χ4v) is 2.24. The molecule has 86 valence electrons. The predicted molar refractivity (Wildman–Crippen MR) is 62.4 cm³/mol. The molecule has 0 aromatic heterocycles. The molecular formula is C12H22N2O. The Morgan fingerprint density at radius 1 is 1.33 bits per heavy atom. The molecule has 0 heterocycles. The quantitative estimate of drug-likeness (QED) is 0.550. The molecule has 1 aliphatic carbocycles. The number of nitrogens with two attached hydrogens (primary N) is 1. The van der Waals surface area contributed by atoms with Crippen molar-refractivity contribution in [3.63, 3.8) is 0 Å². The molecule has 15 heavy (non-hydrogen) atoms. The van der Waals surface area contributed by atoms with Crippen molar-refractivity contribution in [3.8, 4) is 0 Å². The molecule has 0 aromatic rings. The molecule has 0 radical (unpaired) electrons. The van der Waals surface area contributed by atoms with E-state index < -0.39 is 0 Å². The summed E-state index contributed by atoms with van der Waals surface area (Å²) in [5.74, 6) is -0.00940. The molecule has 1 rings (SSSR count). The van der Waals surface area contributed by atoms with Crippen LogP contribution >= 0.6 is 0 Å². The van der Waals surface area contributed by atoms with E-state index in [9.17, 15) is 4.79 Å². The molecule has 1 amide bonds. The summed E-state index contributed by atoms with van der Waals surface area (Å²) in [5, 5.41) is 3.07. The normalized spacial score (nSPS) is 21.2. The van der Waals surface area contributed by atoms with Gasteiger partial charge >= 0.3 is 0 Å². The minimum Gasteiger partial charge on any atom is -0.346 e. The summed E-state index contributed by atoms with van der Waals surface area (Å²) in [6.07, 6.45) is 10.3. The van der Waals surface area contributed by atoms with Crippen molar-refractivity contribution in [1.29, 1.82) is 0 Å². The zero-order valence-corrected chi connectivity index (χ0v) is 9.59. The van der Waals surface area contributed by atoms with E-state index in [1.165, 1.54) is 25.7 Å². The van der Waals surface area contributed by atoms with Crippen molar-refractivity contribution in [3.05, 3.63) is 12.2 Å². The third-order valence-corrected chi connectivity index (χ3v) is 3.16. The Labute approximate surface area is 92.1 Å². The first-order chi connectivity index (χ1) is 7.22. The highest BCUT2D eigenvalue weighted by atomic mass is 16.1. The maximum Gasteiger partial charge on any atom is 0.244 e. The summed E-state index contributed by atoms with van der Waals surface area (Å²) in [5.41, 5.74) is 5.67. The highest BCUT2D eigenvalue weighted by Crippen LogP contribution is 2.26. The van der Waals surface area contributed by atoms with Gasteiger partial charge in [-0.2, -0.15) is 0 Å². The monoisotopic (exact) mass is 210 g/mol. The SMILES string of the molecule is C/C=C/C(=O)NC1(CN)CCCCCC1. The smallest absolute Gasteiger partial charge is 0.244 e. The molecular weight excluding hydrogens is 188 g/mol. The molecule has 3 nitrogen and oxygen atoms in total. The van der Waals surface area contributed by atoms with Crippen LogP contribution in [-0.4, -0.2) is 18.0 Å². The summed E-state index contributed by atoms with van der Waals surface area (Å²) in [4.78, 5) is 11.5. The highest BCUT2D eigenvalue weighted by Gasteiger charge is 2.30. The number of rotatable bonds is 3. The molecule has 1 saturated carbocycles. The zero-order valence-electron chi connectivity index (χ0n) is 9.59. The number of allylic oxidation sites excluding steroid dienone is 1. The average Bonchev–Trinajstić information content (AvgIpc) is 2.44. The van der Waals surface area contributed by atoms with E-state index in [0.29, 0.717) is 6.54 Å². The lowest BCUT2D eigenvalue weighted by Gasteiger charge is -2.32. The standard InChI is InChI=1S/C12H22N2O/c1-2-7-11(15)14-12(10-13)8-5-3-4-6-9-12/h2,7H,3-6,8-10,13H2,1H3,(H,14,15)/b7-2+. The number of amides is 1. The van der Waals surface area contributed by atoms with Crippen molar-refractivity contribution in [1.82, 2.24) is 5.32 Å². The summed E-state index contributed by atoms with van der Waals surface area (Å²) >= 11 is 0. The predicted octanol–water partition coefficient (Wildman–Crippen LogP) is 1.73. The summed E-state index contributed by atoms with van der Waals surface area (Å²) in [6, 6.07) is 0. The van der Waals surface area contributed by atoms with Crippen LogP contribution in [0.15, 0.2) is 12.2 Å². The summed E-state index contributed by atoms with van der Waals surface area (Å²) < 4.78 is 0. The lowest BCUT2D eigenvalue weighted by Crippen LogP contribution is -2.52. The molecule has 1 fully saturated rings. The first kappa shape index (κ1) is 12.2. The van der Waals surface area contributed by atoms with E-state index in [-0.39, 0.29) is 11.4 Å². The molecule has 0 spiro atoms. The maximum atomic E-state index is 11.5. The Hall–Kier alpha value is -0.830. The van der Waals surface area contributed by atoms with Crippen LogP contribution < -0.4 is 11.1 Å². The molecule has 0 aromatic carbocycles. The lowest BCUT2D eigenvalue weighted by atomic mass is 9.90. The molecule has 0 unspecified atom stereocenters. The Balaban J connectivity index is 2.61. The van der Waals surface area contributed by atoms with E-state index in [4.69, 9.17) is 5.73 Å². The van der Waals surface area contributed by atoms with Gasteiger partial charge < -0.3 is 11.1 Å². The van der Waals surface area contributed by atoms with Crippen molar-refractivity contribution < 1.29 is 4.79 Å². The van der Waals surface area contributed by atoms with Crippen molar-refractivity contribution in [2.24, 2.45) is 5.73 Å². The van der Waals surface area contributed by atoms with Crippen LogP contribution in [0.5, 0.6) is 0 Å². The van der Waals surface area contributed by atoms with Crippen LogP contribution in [0, 0.1) is 0 Å². The average molecular weight is 210 g/mol. The van der Waals surface area contributed by atoms with Gasteiger partial charge in [0.2, 0.25) is 5.91 Å². The number of hydrogen-bond acceptors (Lipinski definition) is 2. The molecule has 3 N–H and O–H groups in total. The fraction of sp³-hybridized carbons (Fsp3) is 0.750.